The Morgan fingerprint density at radius 2 is 1.59 bits per heavy atom. The Kier molecular flexibility index (Phi) is 7.77. The summed E-state index contributed by atoms with van der Waals surface area (Å²) >= 11 is 5.76. The minimum Gasteiger partial charge on any atom is -0.334 e. The number of halogens is 1. The number of amides is 3. The number of carbonyl (C=O) groups is 2. The number of carbonyl (C=O) groups excluding carboxylic acids is 2. The number of urea groups is 1. The van der Waals surface area contributed by atoms with E-state index in [9.17, 15) is 18.0 Å². The van der Waals surface area contributed by atoms with E-state index in [1.54, 1.807) is 30.3 Å². The van der Waals surface area contributed by atoms with Crippen molar-refractivity contribution < 1.29 is 18.0 Å². The van der Waals surface area contributed by atoms with Crippen LogP contribution in [0, 0.1) is 0 Å². The van der Waals surface area contributed by atoms with Gasteiger partial charge in [0.2, 0.25) is 15.9 Å². The molecule has 0 spiro atoms. The smallest absolute Gasteiger partial charge is 0.319 e. The van der Waals surface area contributed by atoms with E-state index in [2.05, 4.69) is 27.3 Å². The number of nitrogens with one attached hydrogen (secondary N) is 4. The molecule has 0 radical (unpaired) electrons. The van der Waals surface area contributed by atoms with E-state index in [1.807, 2.05) is 0 Å². The summed E-state index contributed by atoms with van der Waals surface area (Å²) in [7, 11) is -3.87. The van der Waals surface area contributed by atoms with Crippen LogP contribution in [0.3, 0.4) is 0 Å². The number of sulfonamides is 1. The lowest BCUT2D eigenvalue weighted by atomic mass is 10.2. The zero-order valence-electron chi connectivity index (χ0n) is 15.6. The van der Waals surface area contributed by atoms with Gasteiger partial charge >= 0.3 is 6.03 Å². The molecule has 8 nitrogen and oxygen atoms in total. The van der Waals surface area contributed by atoms with Crippen LogP contribution in [-0.4, -0.2) is 32.9 Å². The van der Waals surface area contributed by atoms with Gasteiger partial charge in [0, 0.05) is 22.9 Å². The molecule has 0 saturated heterocycles. The second-order valence-corrected chi connectivity index (χ2v) is 8.14. The molecule has 154 valence electrons. The average Bonchev–Trinajstić information content (AvgIpc) is 2.67. The topological polar surface area (TPSA) is 116 Å². The molecule has 0 fully saturated rings. The molecule has 0 aliphatic heterocycles. The first-order valence-corrected chi connectivity index (χ1v) is 10.4. The van der Waals surface area contributed by atoms with Crippen molar-refractivity contribution in [1.82, 2.24) is 10.0 Å². The summed E-state index contributed by atoms with van der Waals surface area (Å²) < 4.78 is 27.0. The van der Waals surface area contributed by atoms with Gasteiger partial charge in [0.05, 0.1) is 10.9 Å². The van der Waals surface area contributed by atoms with Crippen molar-refractivity contribution in [2.45, 2.75) is 17.9 Å². The fourth-order valence-electron chi connectivity index (χ4n) is 2.20. The number of benzene rings is 2. The van der Waals surface area contributed by atoms with Gasteiger partial charge in [-0.25, -0.2) is 13.2 Å². The zero-order valence-corrected chi connectivity index (χ0v) is 17.2. The summed E-state index contributed by atoms with van der Waals surface area (Å²) in [5, 5.41) is 8.21. The second-order valence-electron chi connectivity index (χ2n) is 5.99. The van der Waals surface area contributed by atoms with Crippen LogP contribution in [0.2, 0.25) is 5.02 Å². The standard InChI is InChI=1S/C19H21ClN4O4S/c1-3-12-21-19(26)23-16-8-6-15(7-9-16)22-18(25)13(2)24-29(27,28)17-10-4-14(20)5-11-17/h3-11,13,24H,1,12H2,2H3,(H,22,25)(H2,21,23,26)/t13-/m0/s1. The first-order valence-electron chi connectivity index (χ1n) is 8.56. The van der Waals surface area contributed by atoms with Crippen molar-refractivity contribution in [2.75, 3.05) is 17.2 Å². The van der Waals surface area contributed by atoms with Crippen molar-refractivity contribution in [3.05, 3.63) is 66.2 Å². The lowest BCUT2D eigenvalue weighted by molar-refractivity contribution is -0.117. The predicted molar refractivity (Wildman–Crippen MR) is 114 cm³/mol. The van der Waals surface area contributed by atoms with Crippen LogP contribution in [0.1, 0.15) is 6.92 Å². The van der Waals surface area contributed by atoms with Crippen molar-refractivity contribution in [3.63, 3.8) is 0 Å². The molecule has 4 N–H and O–H groups in total. The predicted octanol–water partition coefficient (Wildman–Crippen LogP) is 2.95. The lowest BCUT2D eigenvalue weighted by Crippen LogP contribution is -2.41. The van der Waals surface area contributed by atoms with E-state index in [4.69, 9.17) is 11.6 Å². The van der Waals surface area contributed by atoms with Crippen LogP contribution in [0.15, 0.2) is 66.1 Å². The highest BCUT2D eigenvalue weighted by Crippen LogP contribution is 2.16. The van der Waals surface area contributed by atoms with Gasteiger partial charge in [-0.3, -0.25) is 4.79 Å². The monoisotopic (exact) mass is 436 g/mol. The maximum atomic E-state index is 12.3. The molecule has 3 amide bonds. The van der Waals surface area contributed by atoms with Crippen molar-refractivity contribution in [1.29, 1.82) is 0 Å². The fourth-order valence-corrected chi connectivity index (χ4v) is 3.52. The molecule has 0 aliphatic carbocycles. The Labute approximate surface area is 174 Å². The molecule has 0 bridgehead atoms. The maximum absolute atomic E-state index is 12.3. The lowest BCUT2D eigenvalue weighted by Gasteiger charge is -2.15. The van der Waals surface area contributed by atoms with Crippen LogP contribution in [0.5, 0.6) is 0 Å². The van der Waals surface area contributed by atoms with Crippen molar-refractivity contribution >= 4 is 44.9 Å². The minimum absolute atomic E-state index is 0.00621. The molecule has 0 heterocycles. The fraction of sp³-hybridized carbons (Fsp3) is 0.158. The van der Waals surface area contributed by atoms with Gasteiger partial charge in [0.1, 0.15) is 0 Å². The van der Waals surface area contributed by atoms with Gasteiger partial charge in [-0.05, 0) is 55.5 Å². The summed E-state index contributed by atoms with van der Waals surface area (Å²) in [5.41, 5.74) is 0.977. The van der Waals surface area contributed by atoms with E-state index < -0.39 is 22.0 Å². The summed E-state index contributed by atoms with van der Waals surface area (Å²) in [4.78, 5) is 23.9. The average molecular weight is 437 g/mol. The normalized spacial score (nSPS) is 11.9. The molecule has 2 rings (SSSR count). The number of rotatable bonds is 8. The maximum Gasteiger partial charge on any atom is 0.319 e. The van der Waals surface area contributed by atoms with Crippen LogP contribution >= 0.6 is 11.6 Å². The third-order valence-corrected chi connectivity index (χ3v) is 5.48. The molecule has 2 aromatic rings. The second kappa shape index (κ2) is 10.1. The van der Waals surface area contributed by atoms with E-state index in [1.165, 1.54) is 31.2 Å². The van der Waals surface area contributed by atoms with Gasteiger partial charge < -0.3 is 16.0 Å². The number of hydrogen-bond acceptors (Lipinski definition) is 4. The highest BCUT2D eigenvalue weighted by molar-refractivity contribution is 7.89. The Hall–Kier alpha value is -2.88. The molecule has 0 aromatic heterocycles. The largest absolute Gasteiger partial charge is 0.334 e. The van der Waals surface area contributed by atoms with Gasteiger partial charge in [-0.2, -0.15) is 4.72 Å². The van der Waals surface area contributed by atoms with Crippen molar-refractivity contribution in [3.8, 4) is 0 Å². The van der Waals surface area contributed by atoms with Crippen LogP contribution in [0.4, 0.5) is 16.2 Å². The SMILES string of the molecule is C=CCNC(=O)Nc1ccc(NC(=O)[C@H](C)NS(=O)(=O)c2ccc(Cl)cc2)cc1. The molecule has 0 saturated carbocycles. The molecule has 0 unspecified atom stereocenters. The highest BCUT2D eigenvalue weighted by Gasteiger charge is 2.22. The Balaban J connectivity index is 1.94. The summed E-state index contributed by atoms with van der Waals surface area (Å²) in [6.07, 6.45) is 1.56. The van der Waals surface area contributed by atoms with E-state index in [0.717, 1.165) is 0 Å². The third-order valence-electron chi connectivity index (χ3n) is 3.67. The van der Waals surface area contributed by atoms with E-state index in [0.29, 0.717) is 22.9 Å². The van der Waals surface area contributed by atoms with Crippen LogP contribution < -0.4 is 20.7 Å². The van der Waals surface area contributed by atoms with E-state index >= 15 is 0 Å². The van der Waals surface area contributed by atoms with E-state index in [-0.39, 0.29) is 10.9 Å². The summed E-state index contributed by atoms with van der Waals surface area (Å²) in [6.45, 7) is 5.28. The molecule has 29 heavy (non-hydrogen) atoms. The zero-order chi connectivity index (χ0) is 21.4. The quantitative estimate of drug-likeness (QED) is 0.476. The first kappa shape index (κ1) is 22.4. The first-order chi connectivity index (χ1) is 13.7. The minimum atomic E-state index is -3.87. The van der Waals surface area contributed by atoms with Gasteiger partial charge in [0.25, 0.3) is 0 Å². The molecular formula is C19H21ClN4O4S. The van der Waals surface area contributed by atoms with Gasteiger partial charge in [-0.1, -0.05) is 17.7 Å². The number of hydrogen-bond donors (Lipinski definition) is 4. The van der Waals surface area contributed by atoms with Gasteiger partial charge in [0.15, 0.2) is 0 Å². The van der Waals surface area contributed by atoms with Gasteiger partial charge in [-0.15, -0.1) is 6.58 Å². The molecular weight excluding hydrogens is 416 g/mol. The Bertz CT molecular complexity index is 976. The summed E-state index contributed by atoms with van der Waals surface area (Å²) in [6, 6.07) is 10.6. The van der Waals surface area contributed by atoms with Crippen molar-refractivity contribution in [2.24, 2.45) is 0 Å². The number of anilines is 2. The highest BCUT2D eigenvalue weighted by atomic mass is 35.5. The molecule has 0 aliphatic rings. The Morgan fingerprint density at radius 1 is 1.03 bits per heavy atom. The molecule has 2 aromatic carbocycles. The third kappa shape index (κ3) is 6.90. The Morgan fingerprint density at radius 3 is 2.14 bits per heavy atom. The molecule has 10 heteroatoms. The summed E-state index contributed by atoms with van der Waals surface area (Å²) in [5.74, 6) is -0.535. The van der Waals surface area contributed by atoms with Crippen LogP contribution in [0.25, 0.3) is 0 Å². The molecule has 1 atom stereocenters. The van der Waals surface area contributed by atoms with Crippen LogP contribution in [-0.2, 0) is 14.8 Å².